The third kappa shape index (κ3) is 4.71. The summed E-state index contributed by atoms with van der Waals surface area (Å²) in [5, 5.41) is 5.85. The predicted molar refractivity (Wildman–Crippen MR) is 72.1 cm³/mol. The van der Waals surface area contributed by atoms with Crippen molar-refractivity contribution in [2.45, 2.75) is 32.7 Å². The first kappa shape index (κ1) is 14.4. The largest absolute Gasteiger partial charge is 0.381 e. The summed E-state index contributed by atoms with van der Waals surface area (Å²) < 4.78 is 13.2. The molecule has 0 aromatic heterocycles. The summed E-state index contributed by atoms with van der Waals surface area (Å²) in [6, 6.07) is 4.49. The zero-order chi connectivity index (χ0) is 13.5. The van der Waals surface area contributed by atoms with Crippen molar-refractivity contribution in [3.63, 3.8) is 0 Å². The van der Waals surface area contributed by atoms with Crippen LogP contribution in [0.25, 0.3) is 0 Å². The molecular formula is C13H20FN3O. The Kier molecular flexibility index (Phi) is 5.58. The number of benzene rings is 1. The minimum Gasteiger partial charge on any atom is -0.381 e. The van der Waals surface area contributed by atoms with Gasteiger partial charge in [0.15, 0.2) is 0 Å². The molecule has 0 aliphatic rings. The fourth-order valence-electron chi connectivity index (χ4n) is 1.53. The lowest BCUT2D eigenvalue weighted by Gasteiger charge is -2.15. The molecule has 1 rings (SSSR count). The highest BCUT2D eigenvalue weighted by atomic mass is 19.1. The Morgan fingerprint density at radius 3 is 2.72 bits per heavy atom. The maximum Gasteiger partial charge on any atom is 0.224 e. The number of anilines is 2. The molecule has 1 aromatic rings. The molecule has 0 saturated carbocycles. The molecule has 100 valence electrons. The van der Waals surface area contributed by atoms with Gasteiger partial charge in [-0.05, 0) is 45.0 Å². The van der Waals surface area contributed by atoms with E-state index in [1.54, 1.807) is 6.07 Å². The van der Waals surface area contributed by atoms with E-state index in [1.165, 1.54) is 12.1 Å². The van der Waals surface area contributed by atoms with Crippen molar-refractivity contribution in [2.24, 2.45) is 5.73 Å². The molecule has 0 aliphatic heterocycles. The average Bonchev–Trinajstić information content (AvgIpc) is 2.29. The zero-order valence-electron chi connectivity index (χ0n) is 10.8. The maximum absolute atomic E-state index is 13.2. The maximum atomic E-state index is 13.2. The molecule has 18 heavy (non-hydrogen) atoms. The van der Waals surface area contributed by atoms with Gasteiger partial charge in [-0.2, -0.15) is 0 Å². The Morgan fingerprint density at radius 2 is 2.11 bits per heavy atom. The smallest absolute Gasteiger partial charge is 0.224 e. The van der Waals surface area contributed by atoms with Crippen LogP contribution in [-0.2, 0) is 4.79 Å². The number of carbonyl (C=O) groups excluding carboxylic acids is 1. The summed E-state index contributed by atoms with van der Waals surface area (Å²) >= 11 is 0. The van der Waals surface area contributed by atoms with Crippen molar-refractivity contribution in [3.8, 4) is 0 Å². The van der Waals surface area contributed by atoms with Gasteiger partial charge in [0.1, 0.15) is 5.82 Å². The minimum absolute atomic E-state index is 0.155. The molecule has 5 heteroatoms. The molecule has 0 radical (unpaired) electrons. The molecule has 0 saturated heterocycles. The summed E-state index contributed by atoms with van der Waals surface area (Å²) in [5.74, 6) is -0.531. The summed E-state index contributed by atoms with van der Waals surface area (Å²) in [7, 11) is 0. The molecular weight excluding hydrogens is 233 g/mol. The average molecular weight is 253 g/mol. The quantitative estimate of drug-likeness (QED) is 0.729. The van der Waals surface area contributed by atoms with E-state index in [0.29, 0.717) is 30.8 Å². The second kappa shape index (κ2) is 6.96. The lowest BCUT2D eigenvalue weighted by Crippen LogP contribution is -2.17. The van der Waals surface area contributed by atoms with Gasteiger partial charge < -0.3 is 16.4 Å². The van der Waals surface area contributed by atoms with Gasteiger partial charge in [-0.25, -0.2) is 4.39 Å². The van der Waals surface area contributed by atoms with E-state index in [0.717, 1.165) is 0 Å². The Bertz CT molecular complexity index is 407. The van der Waals surface area contributed by atoms with E-state index >= 15 is 0 Å². The predicted octanol–water partition coefficient (Wildman–Crippen LogP) is 2.32. The minimum atomic E-state index is -0.376. The highest BCUT2D eigenvalue weighted by molar-refractivity contribution is 5.94. The molecule has 0 fully saturated rings. The first-order valence-electron chi connectivity index (χ1n) is 6.09. The van der Waals surface area contributed by atoms with Crippen LogP contribution in [0.3, 0.4) is 0 Å². The van der Waals surface area contributed by atoms with Crippen molar-refractivity contribution in [1.82, 2.24) is 0 Å². The Hall–Kier alpha value is -1.62. The summed E-state index contributed by atoms with van der Waals surface area (Å²) in [6.07, 6.45) is 0.961. The van der Waals surface area contributed by atoms with Crippen molar-refractivity contribution in [3.05, 3.63) is 24.0 Å². The fourth-order valence-corrected chi connectivity index (χ4v) is 1.53. The molecule has 4 N–H and O–H groups in total. The lowest BCUT2D eigenvalue weighted by molar-refractivity contribution is -0.116. The van der Waals surface area contributed by atoms with Gasteiger partial charge in [0, 0.05) is 12.5 Å². The highest BCUT2D eigenvalue weighted by Crippen LogP contribution is 2.23. The molecule has 1 amide bonds. The molecule has 0 unspecified atom stereocenters. The van der Waals surface area contributed by atoms with Gasteiger partial charge in [0.2, 0.25) is 5.91 Å². The highest BCUT2D eigenvalue weighted by Gasteiger charge is 2.08. The van der Waals surface area contributed by atoms with Gasteiger partial charge in [-0.3, -0.25) is 4.79 Å². The van der Waals surface area contributed by atoms with E-state index in [-0.39, 0.29) is 17.8 Å². The number of nitrogens with two attached hydrogens (primary N) is 1. The zero-order valence-corrected chi connectivity index (χ0v) is 10.8. The van der Waals surface area contributed by atoms with Crippen LogP contribution in [0.15, 0.2) is 18.2 Å². The van der Waals surface area contributed by atoms with Crippen LogP contribution in [0.5, 0.6) is 0 Å². The Balaban J connectivity index is 2.78. The van der Waals surface area contributed by atoms with Gasteiger partial charge in [-0.1, -0.05) is 0 Å². The van der Waals surface area contributed by atoms with Crippen LogP contribution in [0.2, 0.25) is 0 Å². The normalized spacial score (nSPS) is 10.5. The van der Waals surface area contributed by atoms with Crippen LogP contribution in [0.4, 0.5) is 15.8 Å². The molecule has 0 spiro atoms. The van der Waals surface area contributed by atoms with Crippen LogP contribution in [-0.4, -0.2) is 18.5 Å². The Labute approximate surface area is 107 Å². The summed E-state index contributed by atoms with van der Waals surface area (Å²) in [5.41, 5.74) is 6.52. The van der Waals surface area contributed by atoms with E-state index in [1.807, 2.05) is 13.8 Å². The first-order chi connectivity index (χ1) is 8.52. The molecule has 0 heterocycles. The van der Waals surface area contributed by atoms with Crippen molar-refractivity contribution < 1.29 is 9.18 Å². The number of hydrogen-bond acceptors (Lipinski definition) is 3. The molecule has 1 aromatic carbocycles. The molecule has 0 aliphatic carbocycles. The molecule has 0 bridgehead atoms. The standard InChI is InChI=1S/C13H20FN3O/c1-9(2)16-11-6-5-10(14)8-12(11)17-13(18)4-3-7-15/h5-6,8-9,16H,3-4,7,15H2,1-2H3,(H,17,18). The SMILES string of the molecule is CC(C)Nc1ccc(F)cc1NC(=O)CCCN. The van der Waals surface area contributed by atoms with E-state index in [4.69, 9.17) is 5.73 Å². The molecule has 0 atom stereocenters. The fraction of sp³-hybridized carbons (Fsp3) is 0.462. The third-order valence-electron chi connectivity index (χ3n) is 2.31. The van der Waals surface area contributed by atoms with Gasteiger partial charge in [0.05, 0.1) is 11.4 Å². The topological polar surface area (TPSA) is 67.1 Å². The van der Waals surface area contributed by atoms with Crippen LogP contribution >= 0.6 is 0 Å². The number of nitrogens with one attached hydrogen (secondary N) is 2. The van der Waals surface area contributed by atoms with Gasteiger partial charge >= 0.3 is 0 Å². The van der Waals surface area contributed by atoms with E-state index in [9.17, 15) is 9.18 Å². The monoisotopic (exact) mass is 253 g/mol. The number of rotatable bonds is 6. The van der Waals surface area contributed by atoms with E-state index in [2.05, 4.69) is 10.6 Å². The second-order valence-electron chi connectivity index (χ2n) is 4.43. The second-order valence-corrected chi connectivity index (χ2v) is 4.43. The summed E-state index contributed by atoms with van der Waals surface area (Å²) in [6.45, 7) is 4.42. The number of amides is 1. The van der Waals surface area contributed by atoms with E-state index < -0.39 is 0 Å². The number of hydrogen-bond donors (Lipinski definition) is 3. The number of carbonyl (C=O) groups is 1. The van der Waals surface area contributed by atoms with Crippen molar-refractivity contribution in [2.75, 3.05) is 17.2 Å². The van der Waals surface area contributed by atoms with Crippen molar-refractivity contribution >= 4 is 17.3 Å². The van der Waals surface area contributed by atoms with Gasteiger partial charge in [0.25, 0.3) is 0 Å². The first-order valence-corrected chi connectivity index (χ1v) is 6.09. The van der Waals surface area contributed by atoms with Gasteiger partial charge in [-0.15, -0.1) is 0 Å². The van der Waals surface area contributed by atoms with Crippen molar-refractivity contribution in [1.29, 1.82) is 0 Å². The van der Waals surface area contributed by atoms with Crippen LogP contribution in [0, 0.1) is 5.82 Å². The number of halogens is 1. The van der Waals surface area contributed by atoms with Crippen LogP contribution < -0.4 is 16.4 Å². The molecule has 4 nitrogen and oxygen atoms in total. The van der Waals surface area contributed by atoms with Crippen LogP contribution in [0.1, 0.15) is 26.7 Å². The third-order valence-corrected chi connectivity index (χ3v) is 2.31. The summed E-state index contributed by atoms with van der Waals surface area (Å²) in [4.78, 5) is 11.6. The Morgan fingerprint density at radius 1 is 1.39 bits per heavy atom. The lowest BCUT2D eigenvalue weighted by atomic mass is 10.2.